The number of rotatable bonds is 0. The van der Waals surface area contributed by atoms with E-state index in [9.17, 15) is 0 Å². The molecule has 12 heteroatoms. The van der Waals surface area contributed by atoms with Gasteiger partial charge in [-0.1, -0.05) is 0 Å². The smallest absolute Gasteiger partial charge is 0.759 e. The van der Waals surface area contributed by atoms with E-state index in [1.54, 1.807) is 0 Å². The van der Waals surface area contributed by atoms with E-state index in [-0.39, 0.29) is 29.2 Å². The van der Waals surface area contributed by atoms with E-state index in [1.807, 2.05) is 0 Å². The Morgan fingerprint density at radius 2 is 0.667 bits per heavy atom. The molecule has 0 aromatic heterocycles. The van der Waals surface area contributed by atoms with E-state index >= 15 is 0 Å². The molecule has 0 amide bonds. The van der Waals surface area contributed by atoms with Crippen LogP contribution in [-0.4, -0.2) is 58.1 Å². The summed E-state index contributed by atoms with van der Waals surface area (Å²) in [5.74, 6) is 0. The Balaban J connectivity index is -0.0000000457. The molecule has 0 heterocycles. The Hall–Kier alpha value is 0.466. The zero-order valence-electron chi connectivity index (χ0n) is 5.79. The van der Waals surface area contributed by atoms with E-state index in [2.05, 4.69) is 0 Å². The van der Waals surface area contributed by atoms with Gasteiger partial charge in [0.2, 0.25) is 0 Å². The van der Waals surface area contributed by atoms with Crippen LogP contribution in [0.5, 0.6) is 0 Å². The Morgan fingerprint density at radius 3 is 0.667 bits per heavy atom. The van der Waals surface area contributed by atoms with E-state index in [4.69, 9.17) is 35.0 Å². The van der Waals surface area contributed by atoms with Crippen molar-refractivity contribution in [1.82, 2.24) is 6.15 Å². The predicted molar refractivity (Wildman–Crippen MR) is 32.7 cm³/mol. The van der Waals surface area contributed by atoms with Gasteiger partial charge in [0.05, 0.1) is 0 Å². The standard InChI is InChI=1S/Mg.H3N.2H2O4S/c;;2*1-5(2,3)4/h;1H3;2*(H2,1,2,3,4)/q+2;;;/p-3. The average molecular weight is 234 g/mol. The average Bonchev–Trinajstić information content (AvgIpc) is 1.12. The van der Waals surface area contributed by atoms with Gasteiger partial charge in [0.1, 0.15) is 0 Å². The molecule has 12 heavy (non-hydrogen) atoms. The molecule has 0 rings (SSSR count). The van der Waals surface area contributed by atoms with E-state index < -0.39 is 20.8 Å². The first-order valence-corrected chi connectivity index (χ1v) is 4.00. The Bertz CT molecular complexity index is 213. The van der Waals surface area contributed by atoms with Crippen molar-refractivity contribution in [2.75, 3.05) is 0 Å². The minimum atomic E-state index is -5.17. The SMILES string of the molecule is O=S(=O)([O-])[O-].O=S(=O)([O-])[O-].[Mg+2].[NH4+]. The topological polar surface area (TPSA) is 197 Å². The minimum absolute atomic E-state index is 0. The summed E-state index contributed by atoms with van der Waals surface area (Å²) in [6, 6.07) is 0. The maximum atomic E-state index is 8.52. The molecule has 0 saturated carbocycles. The van der Waals surface area contributed by atoms with Crippen LogP contribution in [0.4, 0.5) is 0 Å². The summed E-state index contributed by atoms with van der Waals surface area (Å²) in [4.78, 5) is 0. The molecule has 0 spiro atoms. The van der Waals surface area contributed by atoms with Crippen LogP contribution in [-0.2, 0) is 20.8 Å². The molecule has 0 saturated heterocycles. The summed E-state index contributed by atoms with van der Waals surface area (Å²) >= 11 is 0. The molecule has 4 N–H and O–H groups in total. The third kappa shape index (κ3) is 4310. The molecule has 0 aromatic rings. The predicted octanol–water partition coefficient (Wildman–Crippen LogP) is -2.68. The monoisotopic (exact) mass is 234 g/mol. The molecule has 0 aliphatic rings. The van der Waals surface area contributed by atoms with Gasteiger partial charge < -0.3 is 24.4 Å². The Morgan fingerprint density at radius 1 is 0.667 bits per heavy atom. The van der Waals surface area contributed by atoms with Gasteiger partial charge in [-0.25, -0.2) is 0 Å². The second-order valence-corrected chi connectivity index (χ2v) is 2.45. The summed E-state index contributed by atoms with van der Waals surface area (Å²) in [6.07, 6.45) is 0. The van der Waals surface area contributed by atoms with Gasteiger partial charge in [-0.15, -0.1) is 0 Å². The molecule has 0 bridgehead atoms. The molecule has 0 aliphatic carbocycles. The van der Waals surface area contributed by atoms with Crippen LogP contribution >= 0.6 is 0 Å². The summed E-state index contributed by atoms with van der Waals surface area (Å²) in [5.41, 5.74) is 0. The number of hydrogen-bond acceptors (Lipinski definition) is 8. The van der Waals surface area contributed by atoms with E-state index in [1.165, 1.54) is 0 Å². The molecule has 9 nitrogen and oxygen atoms in total. The van der Waals surface area contributed by atoms with Crippen LogP contribution in [0.2, 0.25) is 0 Å². The van der Waals surface area contributed by atoms with Crippen molar-refractivity contribution in [2.24, 2.45) is 0 Å². The second kappa shape index (κ2) is 8.08. The normalized spacial score (nSPS) is 9.67. The molecule has 0 aliphatic heterocycles. The molecule has 72 valence electrons. The van der Waals surface area contributed by atoms with Gasteiger partial charge in [-0.05, 0) is 0 Å². The van der Waals surface area contributed by atoms with E-state index in [0.717, 1.165) is 0 Å². The van der Waals surface area contributed by atoms with Crippen molar-refractivity contribution in [3.63, 3.8) is 0 Å². The molecule has 0 atom stereocenters. The maximum Gasteiger partial charge on any atom is 2.00 e. The van der Waals surface area contributed by atoms with Crippen LogP contribution in [0.25, 0.3) is 0 Å². The van der Waals surface area contributed by atoms with Crippen LogP contribution in [0, 0.1) is 0 Å². The molecule has 0 fully saturated rings. The molecule has 0 radical (unpaired) electrons. The summed E-state index contributed by atoms with van der Waals surface area (Å²) in [7, 11) is -10.3. The third-order valence-corrected chi connectivity index (χ3v) is 0. The first kappa shape index (κ1) is 22.9. The molecular formula is H4MgNO8S2-. The third-order valence-electron chi connectivity index (χ3n) is 0. The van der Waals surface area contributed by atoms with Crippen LogP contribution in [0.15, 0.2) is 0 Å². The minimum Gasteiger partial charge on any atom is -0.759 e. The summed E-state index contributed by atoms with van der Waals surface area (Å²) < 4.78 is 68.2. The molecular weight excluding hydrogens is 230 g/mol. The second-order valence-electron chi connectivity index (χ2n) is 0.816. The van der Waals surface area contributed by atoms with Crippen molar-refractivity contribution < 1.29 is 35.0 Å². The van der Waals surface area contributed by atoms with Gasteiger partial charge in [-0.2, -0.15) is 0 Å². The van der Waals surface area contributed by atoms with Crippen LogP contribution in [0.1, 0.15) is 0 Å². The van der Waals surface area contributed by atoms with Crippen molar-refractivity contribution in [1.29, 1.82) is 0 Å². The van der Waals surface area contributed by atoms with Crippen molar-refractivity contribution in [3.8, 4) is 0 Å². The molecule has 0 unspecified atom stereocenters. The van der Waals surface area contributed by atoms with E-state index in [0.29, 0.717) is 0 Å². The Kier molecular flexibility index (Phi) is 15.4. The largest absolute Gasteiger partial charge is 2.00 e. The molecule has 0 aromatic carbocycles. The quantitative estimate of drug-likeness (QED) is 0.265. The fraction of sp³-hybridized carbons (Fsp3) is 0. The zero-order chi connectivity index (χ0) is 9.00. The Labute approximate surface area is 85.0 Å². The van der Waals surface area contributed by atoms with Gasteiger partial charge in [-0.3, -0.25) is 16.8 Å². The van der Waals surface area contributed by atoms with Crippen LogP contribution < -0.4 is 6.15 Å². The zero-order valence-corrected chi connectivity index (χ0v) is 8.84. The van der Waals surface area contributed by atoms with Crippen molar-refractivity contribution >= 4 is 43.9 Å². The van der Waals surface area contributed by atoms with Crippen molar-refractivity contribution in [3.05, 3.63) is 0 Å². The van der Waals surface area contributed by atoms with Gasteiger partial charge >= 0.3 is 23.1 Å². The van der Waals surface area contributed by atoms with Gasteiger partial charge in [0, 0.05) is 20.8 Å². The van der Waals surface area contributed by atoms with Crippen molar-refractivity contribution in [2.45, 2.75) is 0 Å². The maximum absolute atomic E-state index is 8.52. The summed E-state index contributed by atoms with van der Waals surface area (Å²) in [6.45, 7) is 0. The van der Waals surface area contributed by atoms with Gasteiger partial charge in [0.15, 0.2) is 0 Å². The van der Waals surface area contributed by atoms with Gasteiger partial charge in [0.25, 0.3) is 0 Å². The fourth-order valence-corrected chi connectivity index (χ4v) is 0. The number of hydrogen-bond donors (Lipinski definition) is 1. The first-order chi connectivity index (χ1) is 4.00. The number of quaternary nitrogens is 1. The first-order valence-electron chi connectivity index (χ1n) is 1.33. The fourth-order valence-electron chi connectivity index (χ4n) is 0. The summed E-state index contributed by atoms with van der Waals surface area (Å²) in [5, 5.41) is 0. The van der Waals surface area contributed by atoms with Crippen LogP contribution in [0.3, 0.4) is 0 Å².